The molecular weight excluding hydrogens is 292 g/mol. The molecule has 0 N–H and O–H groups in total. The smallest absolute Gasteiger partial charge is 0.214 e. The summed E-state index contributed by atoms with van der Waals surface area (Å²) in [6, 6.07) is 9.16. The average Bonchev–Trinajstić information content (AvgIpc) is 2.90. The van der Waals surface area contributed by atoms with Crippen LogP contribution in [0, 0.1) is 0 Å². The van der Waals surface area contributed by atoms with Crippen LogP contribution in [0.1, 0.15) is 35.3 Å². The second-order valence-electron chi connectivity index (χ2n) is 4.89. The molecule has 3 nitrogen and oxygen atoms in total. The first kappa shape index (κ1) is 13.6. The van der Waals surface area contributed by atoms with Crippen LogP contribution in [0.5, 0.6) is 0 Å². The predicted octanol–water partition coefficient (Wildman–Crippen LogP) is 4.02. The number of nitrogens with zero attached hydrogens (tertiary/aromatic N) is 2. The Kier molecular flexibility index (Phi) is 4.03. The lowest BCUT2D eigenvalue weighted by molar-refractivity contribution is 0.103. The van der Waals surface area contributed by atoms with Gasteiger partial charge < -0.3 is 4.90 Å². The van der Waals surface area contributed by atoms with E-state index in [9.17, 15) is 4.79 Å². The molecular formula is C15H15ClN2OS. The van der Waals surface area contributed by atoms with E-state index in [1.54, 1.807) is 12.1 Å². The van der Waals surface area contributed by atoms with Gasteiger partial charge in [0.2, 0.25) is 5.78 Å². The third-order valence-electron chi connectivity index (χ3n) is 3.51. The Balaban J connectivity index is 1.88. The van der Waals surface area contributed by atoms with Gasteiger partial charge in [-0.05, 0) is 30.8 Å². The standard InChI is InChI=1S/C15H15ClN2OS/c16-12-13(14(19)11-7-3-1-4-8-11)17-20-15(12)18-9-5-2-6-10-18/h1,3-4,7-8H,2,5-6,9-10H2. The van der Waals surface area contributed by atoms with Gasteiger partial charge in [0.15, 0.2) is 0 Å². The molecule has 1 aromatic carbocycles. The van der Waals surface area contributed by atoms with Gasteiger partial charge in [0.05, 0.1) is 0 Å². The third-order valence-corrected chi connectivity index (χ3v) is 4.89. The summed E-state index contributed by atoms with van der Waals surface area (Å²) in [5.74, 6) is -0.102. The van der Waals surface area contributed by atoms with Crippen molar-refractivity contribution >= 4 is 33.9 Å². The van der Waals surface area contributed by atoms with Crippen LogP contribution >= 0.6 is 23.1 Å². The van der Waals surface area contributed by atoms with Crippen LogP contribution in [-0.4, -0.2) is 23.2 Å². The van der Waals surface area contributed by atoms with Gasteiger partial charge in [-0.2, -0.15) is 4.37 Å². The van der Waals surface area contributed by atoms with Crippen molar-refractivity contribution in [2.45, 2.75) is 19.3 Å². The fourth-order valence-corrected chi connectivity index (χ4v) is 3.66. The Morgan fingerprint density at radius 1 is 1.15 bits per heavy atom. The lowest BCUT2D eigenvalue weighted by Crippen LogP contribution is -2.28. The molecule has 104 valence electrons. The molecule has 0 spiro atoms. The molecule has 1 aliphatic heterocycles. The van der Waals surface area contributed by atoms with Crippen LogP contribution in [0.2, 0.25) is 5.02 Å². The van der Waals surface area contributed by atoms with E-state index in [1.165, 1.54) is 30.8 Å². The maximum absolute atomic E-state index is 12.4. The Morgan fingerprint density at radius 2 is 1.85 bits per heavy atom. The van der Waals surface area contributed by atoms with E-state index in [1.807, 2.05) is 18.2 Å². The quantitative estimate of drug-likeness (QED) is 0.803. The van der Waals surface area contributed by atoms with Gasteiger partial charge in [0, 0.05) is 18.7 Å². The van der Waals surface area contributed by atoms with Crippen LogP contribution in [0.15, 0.2) is 30.3 Å². The number of hydrogen-bond donors (Lipinski definition) is 0. The first-order valence-electron chi connectivity index (χ1n) is 6.77. The normalized spacial score (nSPS) is 15.3. The molecule has 1 fully saturated rings. The maximum Gasteiger partial charge on any atom is 0.214 e. The Hall–Kier alpha value is -1.39. The second kappa shape index (κ2) is 5.94. The lowest BCUT2D eigenvalue weighted by Gasteiger charge is -2.27. The van der Waals surface area contributed by atoms with Crippen molar-refractivity contribution in [3.63, 3.8) is 0 Å². The number of piperidine rings is 1. The van der Waals surface area contributed by atoms with Crippen LogP contribution in [-0.2, 0) is 0 Å². The fraction of sp³-hybridized carbons (Fsp3) is 0.333. The van der Waals surface area contributed by atoms with E-state index < -0.39 is 0 Å². The summed E-state index contributed by atoms with van der Waals surface area (Å²) in [5, 5.41) is 1.44. The molecule has 1 saturated heterocycles. The van der Waals surface area contributed by atoms with E-state index in [-0.39, 0.29) is 5.78 Å². The highest BCUT2D eigenvalue weighted by molar-refractivity contribution is 7.11. The number of anilines is 1. The number of benzene rings is 1. The molecule has 0 amide bonds. The topological polar surface area (TPSA) is 33.2 Å². The lowest BCUT2D eigenvalue weighted by atomic mass is 10.1. The average molecular weight is 307 g/mol. The van der Waals surface area contributed by atoms with E-state index >= 15 is 0 Å². The minimum absolute atomic E-state index is 0.102. The number of halogens is 1. The SMILES string of the molecule is O=C(c1ccccc1)c1nsc(N2CCCCC2)c1Cl. The van der Waals surface area contributed by atoms with Crippen molar-refractivity contribution in [1.29, 1.82) is 0 Å². The molecule has 0 atom stereocenters. The van der Waals surface area contributed by atoms with Crippen LogP contribution in [0.3, 0.4) is 0 Å². The molecule has 3 rings (SSSR count). The van der Waals surface area contributed by atoms with Gasteiger partial charge in [-0.15, -0.1) is 0 Å². The van der Waals surface area contributed by atoms with E-state index in [4.69, 9.17) is 11.6 Å². The largest absolute Gasteiger partial charge is 0.361 e. The van der Waals surface area contributed by atoms with Gasteiger partial charge in [-0.1, -0.05) is 41.9 Å². The second-order valence-corrected chi connectivity index (χ2v) is 6.02. The van der Waals surface area contributed by atoms with Gasteiger partial charge in [0.1, 0.15) is 15.7 Å². The number of ketones is 1. The van der Waals surface area contributed by atoms with Gasteiger partial charge in [-0.3, -0.25) is 4.79 Å². The van der Waals surface area contributed by atoms with Crippen LogP contribution in [0.4, 0.5) is 5.00 Å². The highest BCUT2D eigenvalue weighted by Crippen LogP contribution is 2.36. The molecule has 5 heteroatoms. The third kappa shape index (κ3) is 2.58. The van der Waals surface area contributed by atoms with Crippen molar-refractivity contribution in [1.82, 2.24) is 4.37 Å². The first-order chi connectivity index (χ1) is 9.77. The molecule has 0 unspecified atom stereocenters. The van der Waals surface area contributed by atoms with Crippen LogP contribution in [0.25, 0.3) is 0 Å². The van der Waals surface area contributed by atoms with Crippen LogP contribution < -0.4 is 4.90 Å². The molecule has 1 aliphatic rings. The number of rotatable bonds is 3. The summed E-state index contributed by atoms with van der Waals surface area (Å²) >= 11 is 7.72. The van der Waals surface area contributed by atoms with Gasteiger partial charge in [-0.25, -0.2) is 0 Å². The molecule has 0 bridgehead atoms. The molecule has 2 heterocycles. The maximum atomic E-state index is 12.4. The molecule has 1 aromatic heterocycles. The zero-order valence-corrected chi connectivity index (χ0v) is 12.6. The van der Waals surface area contributed by atoms with Gasteiger partial charge in [0.25, 0.3) is 0 Å². The molecule has 0 radical (unpaired) electrons. The zero-order chi connectivity index (χ0) is 13.9. The summed E-state index contributed by atoms with van der Waals surface area (Å²) in [6.07, 6.45) is 3.62. The number of carbonyl (C=O) groups is 1. The minimum Gasteiger partial charge on any atom is -0.361 e. The van der Waals surface area contributed by atoms with E-state index in [2.05, 4.69) is 9.27 Å². The molecule has 2 aromatic rings. The van der Waals surface area contributed by atoms with E-state index in [0.717, 1.165) is 18.1 Å². The Morgan fingerprint density at radius 3 is 2.55 bits per heavy atom. The molecule has 0 saturated carbocycles. The van der Waals surface area contributed by atoms with Crippen molar-refractivity contribution in [3.05, 3.63) is 46.6 Å². The summed E-state index contributed by atoms with van der Waals surface area (Å²) in [7, 11) is 0. The predicted molar refractivity (Wildman–Crippen MR) is 83.1 cm³/mol. The number of carbonyl (C=O) groups excluding carboxylic acids is 1. The van der Waals surface area contributed by atoms with E-state index in [0.29, 0.717) is 16.3 Å². The number of aromatic nitrogens is 1. The minimum atomic E-state index is -0.102. The highest BCUT2D eigenvalue weighted by atomic mass is 35.5. The fourth-order valence-electron chi connectivity index (χ4n) is 2.43. The monoisotopic (exact) mass is 306 g/mol. The van der Waals surface area contributed by atoms with Crippen molar-refractivity contribution in [3.8, 4) is 0 Å². The zero-order valence-electron chi connectivity index (χ0n) is 11.0. The summed E-state index contributed by atoms with van der Waals surface area (Å²) in [5.41, 5.74) is 1.01. The van der Waals surface area contributed by atoms with Crippen molar-refractivity contribution in [2.75, 3.05) is 18.0 Å². The number of hydrogen-bond acceptors (Lipinski definition) is 4. The van der Waals surface area contributed by atoms with Gasteiger partial charge >= 0.3 is 0 Å². The van der Waals surface area contributed by atoms with Crippen molar-refractivity contribution < 1.29 is 4.79 Å². The molecule has 0 aliphatic carbocycles. The summed E-state index contributed by atoms with van der Waals surface area (Å²) < 4.78 is 4.29. The summed E-state index contributed by atoms with van der Waals surface area (Å²) in [4.78, 5) is 14.6. The van der Waals surface area contributed by atoms with Crippen molar-refractivity contribution in [2.24, 2.45) is 0 Å². The first-order valence-corrected chi connectivity index (χ1v) is 7.92. The Labute approximate surface area is 127 Å². The Bertz CT molecular complexity index is 606. The summed E-state index contributed by atoms with van der Waals surface area (Å²) in [6.45, 7) is 2.00. The molecule has 20 heavy (non-hydrogen) atoms. The highest BCUT2D eigenvalue weighted by Gasteiger charge is 2.23.